The van der Waals surface area contributed by atoms with Gasteiger partial charge in [0.05, 0.1) is 11.1 Å². The van der Waals surface area contributed by atoms with Crippen LogP contribution in [0.1, 0.15) is 31.1 Å². The van der Waals surface area contributed by atoms with Gasteiger partial charge < -0.3 is 5.11 Å². The van der Waals surface area contributed by atoms with Gasteiger partial charge in [-0.25, -0.2) is 15.8 Å². The molecule has 1 aromatic carbocycles. The zero-order chi connectivity index (χ0) is 16.2. The Morgan fingerprint density at radius 2 is 1.29 bits per heavy atom. The van der Waals surface area contributed by atoms with Crippen molar-refractivity contribution in [1.82, 2.24) is 11.0 Å². The molecule has 1 rings (SSSR count). The van der Waals surface area contributed by atoms with Crippen molar-refractivity contribution >= 4 is 29.4 Å². The highest BCUT2D eigenvalue weighted by Crippen LogP contribution is 2.17. The summed E-state index contributed by atoms with van der Waals surface area (Å²) in [6.07, 6.45) is 0. The fourth-order valence-corrected chi connectivity index (χ4v) is 1.50. The average molecular weight is 296 g/mol. The first kappa shape index (κ1) is 15.9. The number of hydroxylamine groups is 2. The number of amides is 2. The van der Waals surface area contributed by atoms with Crippen LogP contribution in [-0.2, 0) is 9.59 Å². The van der Waals surface area contributed by atoms with Crippen LogP contribution >= 0.6 is 0 Å². The third kappa shape index (κ3) is 3.08. The summed E-state index contributed by atoms with van der Waals surface area (Å²) in [7, 11) is 0. The standard InChI is InChI=1S/C11H8N2O8/c14-7(9(16)12-20)4-2-1-3-5(11(18)19)6(4)8(15)10(17)13-21/h1-3,20-21H,(H,12,16)(H,13,17)(H,18,19). The molecular formula is C11H8N2O8. The lowest BCUT2D eigenvalue weighted by atomic mass is 9.94. The van der Waals surface area contributed by atoms with Crippen molar-refractivity contribution in [3.8, 4) is 0 Å². The first-order valence-electron chi connectivity index (χ1n) is 5.19. The summed E-state index contributed by atoms with van der Waals surface area (Å²) in [6, 6.07) is 2.91. The van der Waals surface area contributed by atoms with Crippen LogP contribution in [0.3, 0.4) is 0 Å². The molecule has 5 N–H and O–H groups in total. The van der Waals surface area contributed by atoms with E-state index in [1.54, 1.807) is 0 Å². The van der Waals surface area contributed by atoms with Crippen LogP contribution < -0.4 is 11.0 Å². The smallest absolute Gasteiger partial charge is 0.336 e. The Morgan fingerprint density at radius 3 is 1.76 bits per heavy atom. The quantitative estimate of drug-likeness (QED) is 0.194. The predicted octanol–water partition coefficient (Wildman–Crippen LogP) is -1.24. The zero-order valence-electron chi connectivity index (χ0n) is 10.1. The molecule has 0 saturated carbocycles. The number of aromatic carboxylic acids is 1. The van der Waals surface area contributed by atoms with Gasteiger partial charge in [-0.1, -0.05) is 12.1 Å². The molecule has 0 heterocycles. The SMILES string of the molecule is O=C(NO)C(=O)c1cccc(C(=O)O)c1C(=O)C(=O)NO. The van der Waals surface area contributed by atoms with Crippen molar-refractivity contribution in [2.24, 2.45) is 0 Å². The summed E-state index contributed by atoms with van der Waals surface area (Å²) < 4.78 is 0. The maximum absolute atomic E-state index is 11.8. The van der Waals surface area contributed by atoms with Gasteiger partial charge in [0.1, 0.15) is 0 Å². The molecule has 0 aliphatic carbocycles. The van der Waals surface area contributed by atoms with E-state index in [1.807, 2.05) is 0 Å². The van der Waals surface area contributed by atoms with Crippen LogP contribution in [0, 0.1) is 0 Å². The summed E-state index contributed by atoms with van der Waals surface area (Å²) in [5, 5.41) is 25.8. The maximum Gasteiger partial charge on any atom is 0.336 e. The Labute approximate surface area is 115 Å². The Morgan fingerprint density at radius 1 is 0.810 bits per heavy atom. The number of nitrogens with one attached hydrogen (secondary N) is 2. The second kappa shape index (κ2) is 6.36. The van der Waals surface area contributed by atoms with Crippen LogP contribution in [0.4, 0.5) is 0 Å². The molecule has 0 aromatic heterocycles. The molecule has 10 nitrogen and oxygen atoms in total. The number of carboxylic acid groups (broad SMARTS) is 1. The number of ketones is 2. The third-order valence-corrected chi connectivity index (χ3v) is 2.38. The number of carboxylic acids is 1. The highest BCUT2D eigenvalue weighted by Gasteiger charge is 2.30. The van der Waals surface area contributed by atoms with E-state index in [1.165, 1.54) is 0 Å². The molecule has 0 fully saturated rings. The van der Waals surface area contributed by atoms with Gasteiger partial charge in [0.25, 0.3) is 11.6 Å². The van der Waals surface area contributed by atoms with E-state index in [9.17, 15) is 24.0 Å². The molecule has 0 bridgehead atoms. The zero-order valence-corrected chi connectivity index (χ0v) is 10.1. The highest BCUT2D eigenvalue weighted by atomic mass is 16.5. The van der Waals surface area contributed by atoms with E-state index in [4.69, 9.17) is 15.5 Å². The molecule has 110 valence electrons. The summed E-state index contributed by atoms with van der Waals surface area (Å²) in [5.74, 6) is -7.74. The van der Waals surface area contributed by atoms with Crippen LogP contribution in [0.2, 0.25) is 0 Å². The molecule has 0 spiro atoms. The van der Waals surface area contributed by atoms with E-state index < -0.39 is 46.0 Å². The molecule has 0 saturated heterocycles. The molecule has 0 radical (unpaired) electrons. The molecule has 1 aromatic rings. The molecule has 0 aliphatic rings. The van der Waals surface area contributed by atoms with Gasteiger partial charge in [-0.05, 0) is 6.07 Å². The Kier molecular flexibility index (Phi) is 4.83. The van der Waals surface area contributed by atoms with Gasteiger partial charge in [0.2, 0.25) is 0 Å². The molecule has 0 unspecified atom stereocenters. The lowest BCUT2D eigenvalue weighted by molar-refractivity contribution is -0.125. The number of carbonyl (C=O) groups excluding carboxylic acids is 4. The molecular weight excluding hydrogens is 288 g/mol. The highest BCUT2D eigenvalue weighted by molar-refractivity contribution is 6.49. The van der Waals surface area contributed by atoms with Gasteiger partial charge in [-0.2, -0.15) is 0 Å². The molecule has 10 heteroatoms. The van der Waals surface area contributed by atoms with Crippen LogP contribution in [0.25, 0.3) is 0 Å². The predicted molar refractivity (Wildman–Crippen MR) is 61.9 cm³/mol. The van der Waals surface area contributed by atoms with Crippen LogP contribution in [0.15, 0.2) is 18.2 Å². The normalized spacial score (nSPS) is 9.62. The first-order valence-corrected chi connectivity index (χ1v) is 5.19. The van der Waals surface area contributed by atoms with E-state index in [-0.39, 0.29) is 0 Å². The summed E-state index contributed by atoms with van der Waals surface area (Å²) in [5.41, 5.74) is -0.299. The number of hydrogen-bond donors (Lipinski definition) is 5. The van der Waals surface area contributed by atoms with Gasteiger partial charge in [0.15, 0.2) is 0 Å². The number of benzene rings is 1. The number of hydrogen-bond acceptors (Lipinski definition) is 7. The summed E-state index contributed by atoms with van der Waals surface area (Å²) in [6.45, 7) is 0. The molecule has 0 aliphatic heterocycles. The summed E-state index contributed by atoms with van der Waals surface area (Å²) in [4.78, 5) is 56.7. The Bertz CT molecular complexity index is 652. The van der Waals surface area contributed by atoms with Crippen molar-refractivity contribution in [3.63, 3.8) is 0 Å². The fourth-order valence-electron chi connectivity index (χ4n) is 1.50. The van der Waals surface area contributed by atoms with E-state index in [0.717, 1.165) is 29.2 Å². The monoisotopic (exact) mass is 296 g/mol. The van der Waals surface area contributed by atoms with E-state index in [0.29, 0.717) is 0 Å². The lowest BCUT2D eigenvalue weighted by Gasteiger charge is -2.09. The van der Waals surface area contributed by atoms with Crippen LogP contribution in [-0.4, -0.2) is 44.9 Å². The van der Waals surface area contributed by atoms with Crippen molar-refractivity contribution in [2.45, 2.75) is 0 Å². The average Bonchev–Trinajstić information content (AvgIpc) is 2.50. The van der Waals surface area contributed by atoms with Gasteiger partial charge in [0, 0.05) is 5.56 Å². The second-order valence-electron chi connectivity index (χ2n) is 3.57. The molecule has 0 atom stereocenters. The van der Waals surface area contributed by atoms with E-state index in [2.05, 4.69) is 0 Å². The maximum atomic E-state index is 11.8. The number of Topliss-reactive ketones (excluding diaryl/α,β-unsaturated/α-hetero) is 2. The minimum absolute atomic E-state index is 0.713. The van der Waals surface area contributed by atoms with Gasteiger partial charge in [-0.15, -0.1) is 0 Å². The van der Waals surface area contributed by atoms with Crippen molar-refractivity contribution in [2.75, 3.05) is 0 Å². The van der Waals surface area contributed by atoms with Gasteiger partial charge in [-0.3, -0.25) is 29.6 Å². The largest absolute Gasteiger partial charge is 0.478 e. The summed E-state index contributed by atoms with van der Waals surface area (Å²) >= 11 is 0. The minimum atomic E-state index is -1.64. The van der Waals surface area contributed by atoms with Crippen molar-refractivity contribution in [1.29, 1.82) is 0 Å². The van der Waals surface area contributed by atoms with Crippen molar-refractivity contribution < 1.29 is 39.5 Å². The Hall–Kier alpha value is -3.11. The third-order valence-electron chi connectivity index (χ3n) is 2.38. The first-order chi connectivity index (χ1) is 9.84. The molecule has 2 amide bonds. The minimum Gasteiger partial charge on any atom is -0.478 e. The van der Waals surface area contributed by atoms with E-state index >= 15 is 0 Å². The molecule has 21 heavy (non-hydrogen) atoms. The van der Waals surface area contributed by atoms with Crippen LogP contribution in [0.5, 0.6) is 0 Å². The lowest BCUT2D eigenvalue weighted by Crippen LogP contribution is -2.34. The topological polar surface area (TPSA) is 170 Å². The van der Waals surface area contributed by atoms with Gasteiger partial charge >= 0.3 is 17.8 Å². The fraction of sp³-hybridized carbons (Fsp3) is 0. The van der Waals surface area contributed by atoms with Crippen molar-refractivity contribution in [3.05, 3.63) is 34.9 Å². The Balaban J connectivity index is 3.59. The number of rotatable bonds is 5. The number of carbonyl (C=O) groups is 5. The second-order valence-corrected chi connectivity index (χ2v) is 3.57.